The third kappa shape index (κ3) is 4.57. The standard InChI is InChI=1S/C26H20F3N3/c1-18-25(14-19-6-8-20(15-30)9-7-19)32(17-31-18)16-21-10-12-22(13-11-21)23-4-2-3-5-24(23)26(27,28)29/h2-13,17H,14,16H2,1H3. The number of benzene rings is 3. The highest BCUT2D eigenvalue weighted by atomic mass is 19.4. The fourth-order valence-electron chi connectivity index (χ4n) is 3.73. The zero-order valence-corrected chi connectivity index (χ0v) is 17.4. The molecule has 0 bridgehead atoms. The number of aryl methyl sites for hydroxylation is 1. The second-order valence-corrected chi connectivity index (χ2v) is 7.63. The van der Waals surface area contributed by atoms with Crippen molar-refractivity contribution in [1.29, 1.82) is 5.26 Å². The number of nitriles is 1. The Morgan fingerprint density at radius 2 is 1.56 bits per heavy atom. The van der Waals surface area contributed by atoms with E-state index in [1.54, 1.807) is 36.7 Å². The maximum Gasteiger partial charge on any atom is 0.417 e. The van der Waals surface area contributed by atoms with Gasteiger partial charge in [-0.05, 0) is 47.4 Å². The average Bonchev–Trinajstić information content (AvgIpc) is 3.13. The van der Waals surface area contributed by atoms with Crippen LogP contribution in [-0.4, -0.2) is 9.55 Å². The summed E-state index contributed by atoms with van der Waals surface area (Å²) in [6.07, 6.45) is -1.94. The van der Waals surface area contributed by atoms with E-state index in [0.29, 0.717) is 24.1 Å². The molecule has 0 fully saturated rings. The molecule has 0 spiro atoms. The molecular weight excluding hydrogens is 411 g/mol. The van der Waals surface area contributed by atoms with Crippen molar-refractivity contribution in [2.45, 2.75) is 26.1 Å². The van der Waals surface area contributed by atoms with Crippen LogP contribution in [0.1, 0.15) is 33.6 Å². The first-order chi connectivity index (χ1) is 15.3. The van der Waals surface area contributed by atoms with Crippen LogP contribution in [0, 0.1) is 18.3 Å². The number of alkyl halides is 3. The van der Waals surface area contributed by atoms with Gasteiger partial charge >= 0.3 is 6.18 Å². The number of rotatable bonds is 5. The lowest BCUT2D eigenvalue weighted by Gasteiger charge is -2.14. The molecule has 1 aromatic heterocycles. The van der Waals surface area contributed by atoms with Crippen molar-refractivity contribution < 1.29 is 13.2 Å². The predicted molar refractivity (Wildman–Crippen MR) is 117 cm³/mol. The summed E-state index contributed by atoms with van der Waals surface area (Å²) in [5, 5.41) is 8.96. The minimum atomic E-state index is -4.40. The highest BCUT2D eigenvalue weighted by molar-refractivity contribution is 5.68. The number of hydrogen-bond acceptors (Lipinski definition) is 2. The summed E-state index contributed by atoms with van der Waals surface area (Å²) >= 11 is 0. The molecular formula is C26H20F3N3. The molecule has 0 saturated heterocycles. The predicted octanol–water partition coefficient (Wildman–Crippen LogP) is 6.39. The van der Waals surface area contributed by atoms with E-state index in [4.69, 9.17) is 5.26 Å². The van der Waals surface area contributed by atoms with Gasteiger partial charge in [-0.2, -0.15) is 18.4 Å². The summed E-state index contributed by atoms with van der Waals surface area (Å²) in [4.78, 5) is 4.43. The molecule has 3 aromatic carbocycles. The molecule has 1 heterocycles. The van der Waals surface area contributed by atoms with Crippen molar-refractivity contribution in [3.05, 3.63) is 113 Å². The molecule has 0 N–H and O–H groups in total. The Kier molecular flexibility index (Phi) is 5.83. The van der Waals surface area contributed by atoms with Gasteiger partial charge in [-0.1, -0.05) is 54.6 Å². The first kappa shape index (κ1) is 21.4. The molecule has 0 radical (unpaired) electrons. The van der Waals surface area contributed by atoms with Gasteiger partial charge < -0.3 is 4.57 Å². The maximum absolute atomic E-state index is 13.3. The Hall–Kier alpha value is -3.85. The Labute approximate surface area is 184 Å². The molecule has 6 heteroatoms. The van der Waals surface area contributed by atoms with Crippen LogP contribution in [0.5, 0.6) is 0 Å². The lowest BCUT2D eigenvalue weighted by molar-refractivity contribution is -0.137. The zero-order chi connectivity index (χ0) is 22.7. The summed E-state index contributed by atoms with van der Waals surface area (Å²) in [6, 6.07) is 22.3. The van der Waals surface area contributed by atoms with E-state index in [1.165, 1.54) is 12.1 Å². The van der Waals surface area contributed by atoms with E-state index in [9.17, 15) is 13.2 Å². The fourth-order valence-corrected chi connectivity index (χ4v) is 3.73. The zero-order valence-electron chi connectivity index (χ0n) is 17.4. The average molecular weight is 431 g/mol. The van der Waals surface area contributed by atoms with Gasteiger partial charge in [0.25, 0.3) is 0 Å². The Morgan fingerprint density at radius 3 is 2.22 bits per heavy atom. The van der Waals surface area contributed by atoms with Gasteiger partial charge in [0.05, 0.1) is 29.2 Å². The normalized spacial score (nSPS) is 11.3. The molecule has 4 aromatic rings. The number of nitrogens with zero attached hydrogens (tertiary/aromatic N) is 3. The third-order valence-electron chi connectivity index (χ3n) is 5.46. The Bertz CT molecular complexity index is 1260. The number of aromatic nitrogens is 2. The summed E-state index contributed by atoms with van der Waals surface area (Å²) < 4.78 is 42.1. The first-order valence-corrected chi connectivity index (χ1v) is 10.1. The van der Waals surface area contributed by atoms with Crippen LogP contribution >= 0.6 is 0 Å². The minimum absolute atomic E-state index is 0.173. The maximum atomic E-state index is 13.3. The summed E-state index contributed by atoms with van der Waals surface area (Å²) in [5.74, 6) is 0. The molecule has 0 aliphatic heterocycles. The van der Waals surface area contributed by atoms with Crippen LogP contribution < -0.4 is 0 Å². The monoisotopic (exact) mass is 431 g/mol. The summed E-state index contributed by atoms with van der Waals surface area (Å²) in [5.41, 5.74) is 4.71. The van der Waals surface area contributed by atoms with Gasteiger partial charge in [-0.15, -0.1) is 0 Å². The van der Waals surface area contributed by atoms with Crippen LogP contribution in [0.25, 0.3) is 11.1 Å². The van der Waals surface area contributed by atoms with Gasteiger partial charge in [0.15, 0.2) is 0 Å². The van der Waals surface area contributed by atoms with Crippen LogP contribution in [0.2, 0.25) is 0 Å². The van der Waals surface area contributed by atoms with E-state index in [-0.39, 0.29) is 5.56 Å². The molecule has 32 heavy (non-hydrogen) atoms. The Balaban J connectivity index is 1.56. The first-order valence-electron chi connectivity index (χ1n) is 10.1. The van der Waals surface area contributed by atoms with Gasteiger partial charge in [-0.3, -0.25) is 0 Å². The SMILES string of the molecule is Cc1ncn(Cc2ccc(-c3ccccc3C(F)(F)F)cc2)c1Cc1ccc(C#N)cc1. The van der Waals surface area contributed by atoms with E-state index >= 15 is 0 Å². The van der Waals surface area contributed by atoms with Gasteiger partial charge in [0.1, 0.15) is 0 Å². The number of imidazole rings is 1. The lowest BCUT2D eigenvalue weighted by Crippen LogP contribution is -2.07. The van der Waals surface area contributed by atoms with E-state index < -0.39 is 11.7 Å². The summed E-state index contributed by atoms with van der Waals surface area (Å²) in [6.45, 7) is 2.51. The van der Waals surface area contributed by atoms with Crippen LogP contribution in [0.4, 0.5) is 13.2 Å². The van der Waals surface area contributed by atoms with Crippen molar-refractivity contribution in [2.24, 2.45) is 0 Å². The van der Waals surface area contributed by atoms with Gasteiger partial charge in [0.2, 0.25) is 0 Å². The van der Waals surface area contributed by atoms with E-state index in [2.05, 4.69) is 11.1 Å². The van der Waals surface area contributed by atoms with Crippen molar-refractivity contribution in [3.63, 3.8) is 0 Å². The van der Waals surface area contributed by atoms with E-state index in [0.717, 1.165) is 28.6 Å². The number of halogens is 3. The smallest absolute Gasteiger partial charge is 0.330 e. The molecule has 4 rings (SSSR count). The van der Waals surface area contributed by atoms with Crippen molar-refractivity contribution >= 4 is 0 Å². The largest absolute Gasteiger partial charge is 0.417 e. The van der Waals surface area contributed by atoms with Gasteiger partial charge in [0, 0.05) is 18.7 Å². The second-order valence-electron chi connectivity index (χ2n) is 7.63. The molecule has 3 nitrogen and oxygen atoms in total. The molecule has 160 valence electrons. The van der Waals surface area contributed by atoms with Crippen LogP contribution in [0.15, 0.2) is 79.1 Å². The third-order valence-corrected chi connectivity index (χ3v) is 5.46. The molecule has 0 aliphatic carbocycles. The molecule has 0 saturated carbocycles. The molecule has 0 amide bonds. The molecule has 0 aliphatic rings. The van der Waals surface area contributed by atoms with Crippen LogP contribution in [-0.2, 0) is 19.1 Å². The van der Waals surface area contributed by atoms with Crippen molar-refractivity contribution in [2.75, 3.05) is 0 Å². The van der Waals surface area contributed by atoms with E-state index in [1.807, 2.05) is 35.8 Å². The minimum Gasteiger partial charge on any atom is -0.330 e. The highest BCUT2D eigenvalue weighted by Crippen LogP contribution is 2.36. The van der Waals surface area contributed by atoms with Crippen molar-refractivity contribution in [3.8, 4) is 17.2 Å². The van der Waals surface area contributed by atoms with Gasteiger partial charge in [-0.25, -0.2) is 4.98 Å². The van der Waals surface area contributed by atoms with Crippen LogP contribution in [0.3, 0.4) is 0 Å². The lowest BCUT2D eigenvalue weighted by atomic mass is 9.98. The fraction of sp³-hybridized carbons (Fsp3) is 0.154. The Morgan fingerprint density at radius 1 is 0.906 bits per heavy atom. The van der Waals surface area contributed by atoms with Crippen molar-refractivity contribution in [1.82, 2.24) is 9.55 Å². The topological polar surface area (TPSA) is 41.6 Å². The molecule has 0 atom stereocenters. The quantitative estimate of drug-likeness (QED) is 0.368. The summed E-state index contributed by atoms with van der Waals surface area (Å²) in [7, 11) is 0. The number of hydrogen-bond donors (Lipinski definition) is 0. The second kappa shape index (κ2) is 8.72. The molecule has 0 unspecified atom stereocenters. The highest BCUT2D eigenvalue weighted by Gasteiger charge is 2.33.